The number of rotatable bonds is 3. The lowest BCUT2D eigenvalue weighted by Crippen LogP contribution is -2.48. The Kier molecular flexibility index (Phi) is 4.23. The van der Waals surface area contributed by atoms with E-state index < -0.39 is 15.8 Å². The topological polar surface area (TPSA) is 58.2 Å². The third-order valence-electron chi connectivity index (χ3n) is 3.52. The van der Waals surface area contributed by atoms with E-state index in [0.717, 1.165) is 19.5 Å². The van der Waals surface area contributed by atoms with Gasteiger partial charge in [-0.1, -0.05) is 6.92 Å². The molecule has 0 aliphatic carbocycles. The first-order chi connectivity index (χ1) is 8.90. The normalized spacial score (nSPS) is 24.4. The molecule has 0 unspecified atom stereocenters. The van der Waals surface area contributed by atoms with E-state index in [1.54, 1.807) is 6.92 Å². The Bertz CT molecular complexity index is 560. The fraction of sp³-hybridized carbons (Fsp3) is 0.538. The van der Waals surface area contributed by atoms with Crippen LogP contribution in [0.5, 0.6) is 0 Å². The molecule has 4 nitrogen and oxygen atoms in total. The van der Waals surface area contributed by atoms with Crippen molar-refractivity contribution < 1.29 is 12.8 Å². The molecule has 0 amide bonds. The van der Waals surface area contributed by atoms with Crippen LogP contribution in [0, 0.1) is 18.7 Å². The minimum Gasteiger partial charge on any atom is -0.316 e. The Hall–Kier alpha value is -0.980. The summed E-state index contributed by atoms with van der Waals surface area (Å²) in [6.07, 6.45) is 0.765. The molecule has 0 bridgehead atoms. The van der Waals surface area contributed by atoms with Gasteiger partial charge in [0, 0.05) is 6.04 Å². The molecule has 0 saturated carbocycles. The third-order valence-corrected chi connectivity index (χ3v) is 5.17. The van der Waals surface area contributed by atoms with Crippen molar-refractivity contribution in [2.75, 3.05) is 13.1 Å². The van der Waals surface area contributed by atoms with Crippen LogP contribution in [0.3, 0.4) is 0 Å². The van der Waals surface area contributed by atoms with Crippen molar-refractivity contribution >= 4 is 10.0 Å². The number of nitrogens with one attached hydrogen (secondary N) is 2. The first kappa shape index (κ1) is 14.4. The van der Waals surface area contributed by atoms with Crippen LogP contribution in [0.25, 0.3) is 0 Å². The van der Waals surface area contributed by atoms with E-state index in [0.29, 0.717) is 5.56 Å². The van der Waals surface area contributed by atoms with Crippen molar-refractivity contribution in [3.63, 3.8) is 0 Å². The highest BCUT2D eigenvalue weighted by Gasteiger charge is 2.27. The maximum atomic E-state index is 13.0. The number of hydrogen-bond acceptors (Lipinski definition) is 3. The van der Waals surface area contributed by atoms with Gasteiger partial charge < -0.3 is 5.32 Å². The van der Waals surface area contributed by atoms with Gasteiger partial charge in [-0.15, -0.1) is 0 Å². The van der Waals surface area contributed by atoms with Gasteiger partial charge in [0.1, 0.15) is 5.82 Å². The zero-order chi connectivity index (χ0) is 14.0. The van der Waals surface area contributed by atoms with Gasteiger partial charge in [0.15, 0.2) is 0 Å². The summed E-state index contributed by atoms with van der Waals surface area (Å²) >= 11 is 0. The molecular weight excluding hydrogens is 267 g/mol. The second kappa shape index (κ2) is 5.56. The molecule has 1 saturated heterocycles. The molecule has 2 atom stereocenters. The number of aryl methyl sites for hydroxylation is 1. The third kappa shape index (κ3) is 3.32. The van der Waals surface area contributed by atoms with Crippen LogP contribution in [0.2, 0.25) is 0 Å². The predicted molar refractivity (Wildman–Crippen MR) is 71.9 cm³/mol. The second-order valence-electron chi connectivity index (χ2n) is 5.11. The largest absolute Gasteiger partial charge is 0.316 e. The summed E-state index contributed by atoms with van der Waals surface area (Å²) in [6, 6.07) is 3.66. The molecule has 1 aliphatic heterocycles. The van der Waals surface area contributed by atoms with Crippen molar-refractivity contribution in [2.24, 2.45) is 5.92 Å². The van der Waals surface area contributed by atoms with E-state index in [1.165, 1.54) is 18.2 Å². The Balaban J connectivity index is 2.22. The average Bonchev–Trinajstić information content (AvgIpc) is 2.31. The van der Waals surface area contributed by atoms with Crippen LogP contribution < -0.4 is 10.0 Å². The molecule has 0 radical (unpaired) electrons. The molecule has 1 aliphatic rings. The van der Waals surface area contributed by atoms with Gasteiger partial charge in [-0.3, -0.25) is 0 Å². The van der Waals surface area contributed by atoms with Crippen molar-refractivity contribution in [2.45, 2.75) is 31.2 Å². The maximum absolute atomic E-state index is 13.0. The van der Waals surface area contributed by atoms with Gasteiger partial charge in [0.25, 0.3) is 0 Å². The predicted octanol–water partition coefficient (Wildman–Crippen LogP) is 1.41. The van der Waals surface area contributed by atoms with E-state index in [-0.39, 0.29) is 16.9 Å². The lowest BCUT2D eigenvalue weighted by Gasteiger charge is -2.30. The average molecular weight is 286 g/mol. The van der Waals surface area contributed by atoms with Gasteiger partial charge in [-0.2, -0.15) is 0 Å². The monoisotopic (exact) mass is 286 g/mol. The van der Waals surface area contributed by atoms with Gasteiger partial charge in [-0.25, -0.2) is 17.5 Å². The number of hydrogen-bond donors (Lipinski definition) is 2. The highest BCUT2D eigenvalue weighted by molar-refractivity contribution is 7.89. The van der Waals surface area contributed by atoms with E-state index in [2.05, 4.69) is 10.0 Å². The number of sulfonamides is 1. The summed E-state index contributed by atoms with van der Waals surface area (Å²) < 4.78 is 40.4. The fourth-order valence-corrected chi connectivity index (χ4v) is 3.97. The van der Waals surface area contributed by atoms with Crippen LogP contribution in [-0.2, 0) is 10.0 Å². The summed E-state index contributed by atoms with van der Waals surface area (Å²) in [5.41, 5.74) is 0.425. The van der Waals surface area contributed by atoms with E-state index >= 15 is 0 Å². The van der Waals surface area contributed by atoms with Crippen molar-refractivity contribution in [3.8, 4) is 0 Å². The molecule has 2 N–H and O–H groups in total. The lowest BCUT2D eigenvalue weighted by atomic mass is 9.97. The first-order valence-electron chi connectivity index (χ1n) is 6.39. The maximum Gasteiger partial charge on any atom is 0.241 e. The molecule has 19 heavy (non-hydrogen) atoms. The smallest absolute Gasteiger partial charge is 0.241 e. The van der Waals surface area contributed by atoms with E-state index in [4.69, 9.17) is 0 Å². The molecule has 1 heterocycles. The Morgan fingerprint density at radius 3 is 2.79 bits per heavy atom. The van der Waals surface area contributed by atoms with Crippen molar-refractivity contribution in [3.05, 3.63) is 29.6 Å². The van der Waals surface area contributed by atoms with Crippen LogP contribution in [0.15, 0.2) is 23.1 Å². The highest BCUT2D eigenvalue weighted by Crippen LogP contribution is 2.19. The van der Waals surface area contributed by atoms with E-state index in [9.17, 15) is 12.8 Å². The molecule has 106 valence electrons. The summed E-state index contributed by atoms with van der Waals surface area (Å²) in [5.74, 6) is -0.184. The van der Waals surface area contributed by atoms with Gasteiger partial charge >= 0.3 is 0 Å². The Labute approximate surface area is 113 Å². The van der Waals surface area contributed by atoms with Gasteiger partial charge in [0.2, 0.25) is 10.0 Å². The summed E-state index contributed by atoms with van der Waals surface area (Å²) in [6.45, 7) is 5.22. The zero-order valence-electron chi connectivity index (χ0n) is 11.1. The number of benzene rings is 1. The lowest BCUT2D eigenvalue weighted by molar-refractivity contribution is 0.328. The molecule has 1 aromatic rings. The minimum absolute atomic E-state index is 0.0734. The summed E-state index contributed by atoms with van der Waals surface area (Å²) in [5, 5.41) is 3.22. The molecular formula is C13H19FN2O2S. The quantitative estimate of drug-likeness (QED) is 0.883. The van der Waals surface area contributed by atoms with Gasteiger partial charge in [-0.05, 0) is 56.1 Å². The fourth-order valence-electron chi connectivity index (χ4n) is 2.37. The van der Waals surface area contributed by atoms with Crippen LogP contribution >= 0.6 is 0 Å². The minimum atomic E-state index is -3.58. The first-order valence-corrected chi connectivity index (χ1v) is 7.87. The molecule has 2 rings (SSSR count). The molecule has 6 heteroatoms. The molecule has 1 aromatic carbocycles. The zero-order valence-corrected chi connectivity index (χ0v) is 11.9. The van der Waals surface area contributed by atoms with Gasteiger partial charge in [0.05, 0.1) is 4.90 Å². The number of halogens is 1. The standard InChI is InChI=1S/C13H19FN2O2S/c1-9-7-11(14)3-4-13(9)19(17,18)16-12-5-6-15-8-10(12)2/h3-4,7,10,12,15-16H,5-6,8H2,1-2H3/t10-,12-/m0/s1. The molecule has 0 aromatic heterocycles. The Morgan fingerprint density at radius 2 is 2.16 bits per heavy atom. The molecule has 0 spiro atoms. The number of piperidine rings is 1. The van der Waals surface area contributed by atoms with Crippen molar-refractivity contribution in [1.82, 2.24) is 10.0 Å². The summed E-state index contributed by atoms with van der Waals surface area (Å²) in [4.78, 5) is 0.152. The van der Waals surface area contributed by atoms with Crippen molar-refractivity contribution in [1.29, 1.82) is 0 Å². The van der Waals surface area contributed by atoms with Crippen LogP contribution in [-0.4, -0.2) is 27.5 Å². The Morgan fingerprint density at radius 1 is 1.42 bits per heavy atom. The molecule has 1 fully saturated rings. The van der Waals surface area contributed by atoms with Crippen LogP contribution in [0.1, 0.15) is 18.9 Å². The second-order valence-corrected chi connectivity index (χ2v) is 6.79. The SMILES string of the molecule is Cc1cc(F)ccc1S(=O)(=O)N[C@H]1CCNC[C@@H]1C. The van der Waals surface area contributed by atoms with E-state index in [1.807, 2.05) is 6.92 Å². The summed E-state index contributed by atoms with van der Waals surface area (Å²) in [7, 11) is -3.58. The van der Waals surface area contributed by atoms with Crippen LogP contribution in [0.4, 0.5) is 4.39 Å². The highest BCUT2D eigenvalue weighted by atomic mass is 32.2.